The second-order valence-electron chi connectivity index (χ2n) is 3.76. The van der Waals surface area contributed by atoms with Crippen LogP contribution in [-0.4, -0.2) is 28.2 Å². The SMILES string of the molecule is CNc1ncc([N+](=O)[O-])c(Nc2ccccc2SC)n1. The van der Waals surface area contributed by atoms with Crippen molar-refractivity contribution in [1.29, 1.82) is 0 Å². The molecule has 0 aliphatic rings. The van der Waals surface area contributed by atoms with E-state index >= 15 is 0 Å². The molecule has 7 nitrogen and oxygen atoms in total. The van der Waals surface area contributed by atoms with Crippen LogP contribution in [0.2, 0.25) is 0 Å². The smallest absolute Gasteiger partial charge is 0.329 e. The van der Waals surface area contributed by atoms with Crippen LogP contribution in [0.1, 0.15) is 0 Å². The zero-order chi connectivity index (χ0) is 14.5. The lowest BCUT2D eigenvalue weighted by atomic mass is 10.3. The first-order valence-electron chi connectivity index (χ1n) is 5.75. The minimum atomic E-state index is -0.510. The summed E-state index contributed by atoms with van der Waals surface area (Å²) < 4.78 is 0. The van der Waals surface area contributed by atoms with Gasteiger partial charge >= 0.3 is 5.69 Å². The minimum Gasteiger partial charge on any atom is -0.357 e. The summed E-state index contributed by atoms with van der Waals surface area (Å²) in [6.45, 7) is 0. The third-order valence-electron chi connectivity index (χ3n) is 2.55. The molecule has 8 heteroatoms. The molecule has 1 aromatic carbocycles. The van der Waals surface area contributed by atoms with E-state index in [4.69, 9.17) is 0 Å². The Hall–Kier alpha value is -2.35. The fraction of sp³-hybridized carbons (Fsp3) is 0.167. The Morgan fingerprint density at radius 3 is 2.75 bits per heavy atom. The summed E-state index contributed by atoms with van der Waals surface area (Å²) in [6, 6.07) is 7.54. The highest BCUT2D eigenvalue weighted by molar-refractivity contribution is 7.98. The molecule has 1 heterocycles. The second-order valence-corrected chi connectivity index (χ2v) is 4.61. The van der Waals surface area contributed by atoms with Crippen LogP contribution in [-0.2, 0) is 0 Å². The summed E-state index contributed by atoms with van der Waals surface area (Å²) in [6.07, 6.45) is 3.12. The summed E-state index contributed by atoms with van der Waals surface area (Å²) >= 11 is 1.55. The van der Waals surface area contributed by atoms with Crippen LogP contribution in [0, 0.1) is 10.1 Å². The van der Waals surface area contributed by atoms with Gasteiger partial charge in [-0.2, -0.15) is 4.98 Å². The van der Waals surface area contributed by atoms with Gasteiger partial charge in [-0.15, -0.1) is 11.8 Å². The van der Waals surface area contributed by atoms with Crippen molar-refractivity contribution in [1.82, 2.24) is 9.97 Å². The molecule has 0 fully saturated rings. The van der Waals surface area contributed by atoms with Gasteiger partial charge in [-0.3, -0.25) is 10.1 Å². The van der Waals surface area contributed by atoms with Crippen molar-refractivity contribution in [3.05, 3.63) is 40.6 Å². The molecule has 2 aromatic rings. The van der Waals surface area contributed by atoms with E-state index < -0.39 is 4.92 Å². The molecule has 0 unspecified atom stereocenters. The van der Waals surface area contributed by atoms with Crippen molar-refractivity contribution in [2.24, 2.45) is 0 Å². The van der Waals surface area contributed by atoms with Gasteiger partial charge in [0.25, 0.3) is 0 Å². The third-order valence-corrected chi connectivity index (χ3v) is 3.35. The van der Waals surface area contributed by atoms with Crippen molar-refractivity contribution < 1.29 is 4.92 Å². The average Bonchev–Trinajstić information content (AvgIpc) is 2.47. The van der Waals surface area contributed by atoms with Gasteiger partial charge < -0.3 is 10.6 Å². The van der Waals surface area contributed by atoms with E-state index in [1.54, 1.807) is 18.8 Å². The van der Waals surface area contributed by atoms with Gasteiger partial charge in [-0.25, -0.2) is 4.98 Å². The Morgan fingerprint density at radius 2 is 2.10 bits per heavy atom. The third kappa shape index (κ3) is 2.97. The summed E-state index contributed by atoms with van der Waals surface area (Å²) in [5.41, 5.74) is 0.601. The number of hydrogen-bond donors (Lipinski definition) is 2. The maximum Gasteiger partial charge on any atom is 0.329 e. The van der Waals surface area contributed by atoms with E-state index in [-0.39, 0.29) is 11.5 Å². The predicted octanol–water partition coefficient (Wildman–Crippen LogP) is 2.89. The van der Waals surface area contributed by atoms with Crippen LogP contribution in [0.3, 0.4) is 0 Å². The number of benzene rings is 1. The van der Waals surface area contributed by atoms with Crippen molar-refractivity contribution >= 4 is 34.9 Å². The Bertz CT molecular complexity index is 635. The molecule has 104 valence electrons. The first-order chi connectivity index (χ1) is 9.65. The highest BCUT2D eigenvalue weighted by Gasteiger charge is 2.18. The number of aromatic nitrogens is 2. The van der Waals surface area contributed by atoms with Crippen LogP contribution >= 0.6 is 11.8 Å². The quantitative estimate of drug-likeness (QED) is 0.497. The lowest BCUT2D eigenvalue weighted by Crippen LogP contribution is -2.04. The summed E-state index contributed by atoms with van der Waals surface area (Å²) in [5, 5.41) is 16.8. The minimum absolute atomic E-state index is 0.163. The first kappa shape index (κ1) is 14.1. The van der Waals surface area contributed by atoms with E-state index in [1.807, 2.05) is 30.5 Å². The van der Waals surface area contributed by atoms with Gasteiger partial charge in [0.1, 0.15) is 6.20 Å². The van der Waals surface area contributed by atoms with Gasteiger partial charge in [0.05, 0.1) is 10.6 Å². The van der Waals surface area contributed by atoms with E-state index in [2.05, 4.69) is 20.6 Å². The molecule has 0 spiro atoms. The van der Waals surface area contributed by atoms with Crippen LogP contribution in [0.4, 0.5) is 23.1 Å². The number of hydrogen-bond acceptors (Lipinski definition) is 7. The predicted molar refractivity (Wildman–Crippen MR) is 79.7 cm³/mol. The highest BCUT2D eigenvalue weighted by atomic mass is 32.2. The fourth-order valence-electron chi connectivity index (χ4n) is 1.60. The van der Waals surface area contributed by atoms with Gasteiger partial charge in [0, 0.05) is 11.9 Å². The molecule has 0 aliphatic carbocycles. The molecule has 0 amide bonds. The molecular weight excluding hydrogens is 278 g/mol. The highest BCUT2D eigenvalue weighted by Crippen LogP contribution is 2.31. The maximum atomic E-state index is 11.0. The van der Waals surface area contributed by atoms with E-state index in [1.165, 1.54) is 6.20 Å². The van der Waals surface area contributed by atoms with Crippen molar-refractivity contribution in [2.75, 3.05) is 23.9 Å². The molecule has 0 radical (unpaired) electrons. The zero-order valence-corrected chi connectivity index (χ0v) is 11.8. The van der Waals surface area contributed by atoms with E-state index in [0.29, 0.717) is 5.95 Å². The van der Waals surface area contributed by atoms with Gasteiger partial charge in [0.15, 0.2) is 0 Å². The molecule has 0 saturated carbocycles. The van der Waals surface area contributed by atoms with Crippen molar-refractivity contribution in [3.63, 3.8) is 0 Å². The average molecular weight is 291 g/mol. The van der Waals surface area contributed by atoms with Gasteiger partial charge in [-0.1, -0.05) is 12.1 Å². The summed E-state index contributed by atoms with van der Waals surface area (Å²) in [5.74, 6) is 0.482. The lowest BCUT2D eigenvalue weighted by molar-refractivity contribution is -0.384. The number of rotatable bonds is 5. The number of nitro groups is 1. The van der Waals surface area contributed by atoms with Crippen molar-refractivity contribution in [2.45, 2.75) is 4.90 Å². The normalized spacial score (nSPS) is 10.1. The number of para-hydroxylation sites is 1. The number of thioether (sulfide) groups is 1. The number of anilines is 3. The summed E-state index contributed by atoms with van der Waals surface area (Å²) in [7, 11) is 1.65. The second kappa shape index (κ2) is 6.20. The zero-order valence-electron chi connectivity index (χ0n) is 11.0. The Kier molecular flexibility index (Phi) is 4.36. The molecule has 0 saturated heterocycles. The standard InChI is InChI=1S/C12H13N5O2S/c1-13-12-14-7-9(17(18)19)11(16-12)15-8-5-3-4-6-10(8)20-2/h3-7H,1-2H3,(H2,13,14,15,16). The monoisotopic (exact) mass is 291 g/mol. The summed E-state index contributed by atoms with van der Waals surface area (Å²) in [4.78, 5) is 19.4. The molecule has 2 rings (SSSR count). The first-order valence-corrected chi connectivity index (χ1v) is 6.97. The maximum absolute atomic E-state index is 11.0. The lowest BCUT2D eigenvalue weighted by Gasteiger charge is -2.10. The Morgan fingerprint density at radius 1 is 1.35 bits per heavy atom. The van der Waals surface area contributed by atoms with Gasteiger partial charge in [0.2, 0.25) is 11.8 Å². The molecular formula is C12H13N5O2S. The van der Waals surface area contributed by atoms with Crippen LogP contribution in [0.25, 0.3) is 0 Å². The largest absolute Gasteiger partial charge is 0.357 e. The van der Waals surface area contributed by atoms with Crippen LogP contribution < -0.4 is 10.6 Å². The molecule has 0 atom stereocenters. The fourth-order valence-corrected chi connectivity index (χ4v) is 2.15. The molecule has 2 N–H and O–H groups in total. The van der Waals surface area contributed by atoms with Crippen LogP contribution in [0.5, 0.6) is 0 Å². The topological polar surface area (TPSA) is 93.0 Å². The Balaban J connectivity index is 2.43. The molecule has 0 aliphatic heterocycles. The van der Waals surface area contributed by atoms with Gasteiger partial charge in [-0.05, 0) is 18.4 Å². The number of nitrogens with zero attached hydrogens (tertiary/aromatic N) is 3. The Labute approximate surface area is 120 Å². The molecule has 0 bridgehead atoms. The van der Waals surface area contributed by atoms with E-state index in [0.717, 1.165) is 10.6 Å². The molecule has 1 aromatic heterocycles. The van der Waals surface area contributed by atoms with E-state index in [9.17, 15) is 10.1 Å². The van der Waals surface area contributed by atoms with Crippen LogP contribution in [0.15, 0.2) is 35.4 Å². The molecule has 20 heavy (non-hydrogen) atoms. The number of nitrogens with one attached hydrogen (secondary N) is 2. The van der Waals surface area contributed by atoms with Crippen molar-refractivity contribution in [3.8, 4) is 0 Å².